The second-order valence-electron chi connectivity index (χ2n) is 5.04. The van der Waals surface area contributed by atoms with Crippen molar-refractivity contribution >= 4 is 17.7 Å². The molecular weight excluding hydrogens is 308 g/mol. The third-order valence-corrected chi connectivity index (χ3v) is 3.52. The number of rotatable bonds is 4. The Morgan fingerprint density at radius 3 is 2.43 bits per heavy atom. The summed E-state index contributed by atoms with van der Waals surface area (Å²) in [4.78, 5) is 26.8. The van der Waals surface area contributed by atoms with Crippen LogP contribution in [-0.4, -0.2) is 61.1 Å². The Labute approximate surface area is 133 Å². The molecule has 6 nitrogen and oxygen atoms in total. The van der Waals surface area contributed by atoms with Gasteiger partial charge in [-0.3, -0.25) is 4.79 Å². The van der Waals surface area contributed by atoms with Gasteiger partial charge in [-0.25, -0.2) is 13.6 Å². The molecule has 0 saturated carbocycles. The molecule has 1 aromatic rings. The number of anilines is 1. The van der Waals surface area contributed by atoms with Crippen LogP contribution in [0.3, 0.4) is 0 Å². The third kappa shape index (κ3) is 4.54. The molecule has 2 rings (SSSR count). The number of nitrogens with zero attached hydrogens (tertiary/aromatic N) is 2. The minimum Gasteiger partial charge on any atom is -0.450 e. The van der Waals surface area contributed by atoms with E-state index in [1.807, 2.05) is 0 Å². The second-order valence-corrected chi connectivity index (χ2v) is 5.04. The van der Waals surface area contributed by atoms with Crippen LogP contribution in [0.5, 0.6) is 0 Å². The van der Waals surface area contributed by atoms with Gasteiger partial charge >= 0.3 is 6.09 Å². The highest BCUT2D eigenvalue weighted by atomic mass is 19.1. The molecule has 1 fully saturated rings. The normalized spacial score (nSPS) is 14.6. The lowest BCUT2D eigenvalue weighted by Gasteiger charge is -2.34. The highest BCUT2D eigenvalue weighted by Gasteiger charge is 2.24. The summed E-state index contributed by atoms with van der Waals surface area (Å²) in [5.74, 6) is -1.63. The van der Waals surface area contributed by atoms with Crippen molar-refractivity contribution in [3.05, 3.63) is 29.8 Å². The van der Waals surface area contributed by atoms with Crippen molar-refractivity contribution in [1.82, 2.24) is 9.80 Å². The molecule has 1 heterocycles. The maximum absolute atomic E-state index is 13.5. The molecule has 1 saturated heterocycles. The van der Waals surface area contributed by atoms with Crippen LogP contribution in [0.25, 0.3) is 0 Å². The van der Waals surface area contributed by atoms with Crippen LogP contribution in [0.4, 0.5) is 19.3 Å². The maximum atomic E-state index is 13.5. The first-order valence-electron chi connectivity index (χ1n) is 7.39. The SMILES string of the molecule is CCOC(=O)N1CCN(C(=O)CNc2ccc(F)cc2F)CC1. The maximum Gasteiger partial charge on any atom is 0.409 e. The largest absolute Gasteiger partial charge is 0.450 e. The number of piperazine rings is 1. The summed E-state index contributed by atoms with van der Waals surface area (Å²) in [6.45, 7) is 3.53. The molecule has 1 aliphatic rings. The summed E-state index contributed by atoms with van der Waals surface area (Å²) in [6.07, 6.45) is -0.383. The number of hydrogen-bond acceptors (Lipinski definition) is 4. The molecule has 23 heavy (non-hydrogen) atoms. The summed E-state index contributed by atoms with van der Waals surface area (Å²) in [5, 5.41) is 2.65. The predicted molar refractivity (Wildman–Crippen MR) is 80.0 cm³/mol. The molecule has 0 aromatic heterocycles. The van der Waals surface area contributed by atoms with Crippen LogP contribution in [0, 0.1) is 11.6 Å². The van der Waals surface area contributed by atoms with Gasteiger partial charge in [0.1, 0.15) is 11.6 Å². The van der Waals surface area contributed by atoms with Crippen molar-refractivity contribution in [3.8, 4) is 0 Å². The van der Waals surface area contributed by atoms with E-state index in [1.165, 1.54) is 6.07 Å². The van der Waals surface area contributed by atoms with E-state index in [0.717, 1.165) is 12.1 Å². The van der Waals surface area contributed by atoms with Crippen molar-refractivity contribution in [2.45, 2.75) is 6.92 Å². The number of carbonyl (C=O) groups excluding carboxylic acids is 2. The van der Waals surface area contributed by atoms with Gasteiger partial charge in [-0.05, 0) is 19.1 Å². The Balaban J connectivity index is 1.80. The molecule has 8 heteroatoms. The topological polar surface area (TPSA) is 61.9 Å². The monoisotopic (exact) mass is 327 g/mol. The van der Waals surface area contributed by atoms with E-state index in [4.69, 9.17) is 4.74 Å². The molecule has 0 radical (unpaired) electrons. The molecule has 0 unspecified atom stereocenters. The van der Waals surface area contributed by atoms with Crippen LogP contribution in [0.2, 0.25) is 0 Å². The van der Waals surface area contributed by atoms with Gasteiger partial charge in [-0.15, -0.1) is 0 Å². The number of hydrogen-bond donors (Lipinski definition) is 1. The van der Waals surface area contributed by atoms with Gasteiger partial charge in [0.2, 0.25) is 5.91 Å². The summed E-state index contributed by atoms with van der Waals surface area (Å²) in [5.41, 5.74) is 0.0740. The highest BCUT2D eigenvalue weighted by Crippen LogP contribution is 2.14. The molecule has 126 valence electrons. The lowest BCUT2D eigenvalue weighted by Crippen LogP contribution is -2.51. The quantitative estimate of drug-likeness (QED) is 0.914. The molecular formula is C15H19F2N3O3. The summed E-state index contributed by atoms with van der Waals surface area (Å²) in [7, 11) is 0. The number of ether oxygens (including phenoxy) is 1. The molecule has 1 N–H and O–H groups in total. The average Bonchev–Trinajstić information content (AvgIpc) is 2.54. The number of carbonyl (C=O) groups is 2. The van der Waals surface area contributed by atoms with Crippen LogP contribution in [0.1, 0.15) is 6.92 Å². The lowest BCUT2D eigenvalue weighted by atomic mass is 10.3. The van der Waals surface area contributed by atoms with Crippen LogP contribution < -0.4 is 5.32 Å². The Morgan fingerprint density at radius 1 is 1.17 bits per heavy atom. The summed E-state index contributed by atoms with van der Waals surface area (Å²) >= 11 is 0. The second kappa shape index (κ2) is 7.75. The fourth-order valence-electron chi connectivity index (χ4n) is 2.27. The smallest absolute Gasteiger partial charge is 0.409 e. The lowest BCUT2D eigenvalue weighted by molar-refractivity contribution is -0.130. The molecule has 0 atom stereocenters. The van der Waals surface area contributed by atoms with Gasteiger partial charge in [0, 0.05) is 32.2 Å². The Bertz CT molecular complexity index is 575. The fraction of sp³-hybridized carbons (Fsp3) is 0.467. The molecule has 0 spiro atoms. The Kier molecular flexibility index (Phi) is 5.72. The first kappa shape index (κ1) is 17.0. The van der Waals surface area contributed by atoms with Crippen molar-refractivity contribution in [2.24, 2.45) is 0 Å². The van der Waals surface area contributed by atoms with Crippen LogP contribution in [0.15, 0.2) is 18.2 Å². The molecule has 0 aliphatic carbocycles. The predicted octanol–water partition coefficient (Wildman–Crippen LogP) is 1.68. The zero-order chi connectivity index (χ0) is 16.8. The molecule has 0 bridgehead atoms. The van der Waals surface area contributed by atoms with Crippen LogP contribution in [-0.2, 0) is 9.53 Å². The summed E-state index contributed by atoms with van der Waals surface area (Å²) in [6, 6.07) is 3.12. The molecule has 1 aliphatic heterocycles. The van der Waals surface area contributed by atoms with Gasteiger partial charge in [0.25, 0.3) is 0 Å². The number of benzene rings is 1. The van der Waals surface area contributed by atoms with Crippen molar-refractivity contribution in [3.63, 3.8) is 0 Å². The van der Waals surface area contributed by atoms with Crippen molar-refractivity contribution in [1.29, 1.82) is 0 Å². The van der Waals surface area contributed by atoms with E-state index in [9.17, 15) is 18.4 Å². The van der Waals surface area contributed by atoms with Gasteiger partial charge in [0.05, 0.1) is 18.8 Å². The van der Waals surface area contributed by atoms with Gasteiger partial charge in [-0.2, -0.15) is 0 Å². The number of nitrogens with one attached hydrogen (secondary N) is 1. The zero-order valence-corrected chi connectivity index (χ0v) is 12.8. The number of amides is 2. The van der Waals surface area contributed by atoms with E-state index in [2.05, 4.69) is 5.32 Å². The van der Waals surface area contributed by atoms with Gasteiger partial charge < -0.3 is 19.9 Å². The van der Waals surface area contributed by atoms with E-state index in [1.54, 1.807) is 16.7 Å². The minimum atomic E-state index is -0.745. The standard InChI is InChI=1S/C15H19F2N3O3/c1-2-23-15(22)20-7-5-19(6-8-20)14(21)10-18-13-4-3-11(16)9-12(13)17/h3-4,9,18H,2,5-8,10H2,1H3. The van der Waals surface area contributed by atoms with E-state index < -0.39 is 11.6 Å². The van der Waals surface area contributed by atoms with E-state index in [-0.39, 0.29) is 24.2 Å². The van der Waals surface area contributed by atoms with E-state index >= 15 is 0 Å². The van der Waals surface area contributed by atoms with Crippen molar-refractivity contribution in [2.75, 3.05) is 44.6 Å². The van der Waals surface area contributed by atoms with Gasteiger partial charge in [-0.1, -0.05) is 0 Å². The Hall–Kier alpha value is -2.38. The highest BCUT2D eigenvalue weighted by molar-refractivity contribution is 5.81. The average molecular weight is 327 g/mol. The minimum absolute atomic E-state index is 0.0740. The zero-order valence-electron chi connectivity index (χ0n) is 12.8. The number of halogens is 2. The van der Waals surface area contributed by atoms with Gasteiger partial charge in [0.15, 0.2) is 0 Å². The molecule has 2 amide bonds. The van der Waals surface area contributed by atoms with Crippen LogP contribution >= 0.6 is 0 Å². The Morgan fingerprint density at radius 2 is 1.83 bits per heavy atom. The fourth-order valence-corrected chi connectivity index (χ4v) is 2.27. The van der Waals surface area contributed by atoms with E-state index in [0.29, 0.717) is 32.8 Å². The summed E-state index contributed by atoms with van der Waals surface area (Å²) < 4.78 is 31.2. The first-order chi connectivity index (χ1) is 11.0. The first-order valence-corrected chi connectivity index (χ1v) is 7.39. The molecule has 1 aromatic carbocycles. The van der Waals surface area contributed by atoms with Crippen molar-refractivity contribution < 1.29 is 23.1 Å². The third-order valence-electron chi connectivity index (χ3n) is 3.52.